The number of allylic oxidation sites excluding steroid dienone is 5. The Bertz CT molecular complexity index is 621. The number of carbonyl (C=O) groups excluding carboxylic acids is 1. The average Bonchev–Trinajstić information content (AvgIpc) is 2.51. The summed E-state index contributed by atoms with van der Waals surface area (Å²) in [5, 5.41) is 0. The lowest BCUT2D eigenvalue weighted by molar-refractivity contribution is -0.119. The van der Waals surface area contributed by atoms with E-state index in [4.69, 9.17) is 4.43 Å². The van der Waals surface area contributed by atoms with Crippen molar-refractivity contribution in [3.8, 4) is 0 Å². The van der Waals surface area contributed by atoms with Crippen molar-refractivity contribution < 1.29 is 9.22 Å². The van der Waals surface area contributed by atoms with Crippen LogP contribution in [0, 0.1) is 17.3 Å². The molecular formula is C24H40O2Si. The van der Waals surface area contributed by atoms with Crippen molar-refractivity contribution in [2.24, 2.45) is 17.3 Å². The molecule has 0 aliphatic heterocycles. The van der Waals surface area contributed by atoms with Gasteiger partial charge in [-0.25, -0.2) is 0 Å². The molecule has 0 saturated heterocycles. The maximum atomic E-state index is 12.4. The maximum absolute atomic E-state index is 12.4. The molecule has 2 aliphatic rings. The summed E-state index contributed by atoms with van der Waals surface area (Å²) in [5.74, 6) is 1.62. The third-order valence-corrected chi connectivity index (χ3v) is 7.31. The number of hydrogen-bond donors (Lipinski definition) is 0. The maximum Gasteiger partial charge on any atom is 0.184 e. The van der Waals surface area contributed by atoms with Gasteiger partial charge in [-0.05, 0) is 88.4 Å². The fourth-order valence-electron chi connectivity index (χ4n) is 5.22. The van der Waals surface area contributed by atoms with Gasteiger partial charge in [0.2, 0.25) is 0 Å². The van der Waals surface area contributed by atoms with Crippen LogP contribution in [0.25, 0.3) is 0 Å². The molecule has 0 aromatic rings. The lowest BCUT2D eigenvalue weighted by Gasteiger charge is -2.47. The molecule has 2 rings (SSSR count). The van der Waals surface area contributed by atoms with Crippen LogP contribution in [0.5, 0.6) is 0 Å². The number of hydrogen-bond acceptors (Lipinski definition) is 2. The fourth-order valence-corrected chi connectivity index (χ4v) is 6.87. The van der Waals surface area contributed by atoms with Crippen molar-refractivity contribution in [3.63, 3.8) is 0 Å². The molecule has 0 aromatic carbocycles. The first-order valence-electron chi connectivity index (χ1n) is 10.7. The van der Waals surface area contributed by atoms with E-state index in [2.05, 4.69) is 77.7 Å². The zero-order chi connectivity index (χ0) is 20.3. The number of Topliss-reactive ketones (excluding diaryl/α,β-unsaturated/α-hetero) is 1. The van der Waals surface area contributed by atoms with Gasteiger partial charge in [0, 0.05) is 6.42 Å². The second kappa shape index (κ2) is 8.61. The molecule has 0 aromatic heterocycles. The minimum absolute atomic E-state index is 0.101. The Morgan fingerprint density at radius 2 is 2.04 bits per heavy atom. The largest absolute Gasteiger partial charge is 0.409 e. The Morgan fingerprint density at radius 1 is 1.33 bits per heavy atom. The highest BCUT2D eigenvalue weighted by molar-refractivity contribution is 6.69. The van der Waals surface area contributed by atoms with Crippen LogP contribution in [0.1, 0.15) is 66.2 Å². The highest BCUT2D eigenvalue weighted by atomic mass is 28.4. The van der Waals surface area contributed by atoms with Crippen LogP contribution in [0.4, 0.5) is 0 Å². The van der Waals surface area contributed by atoms with Gasteiger partial charge in [0.25, 0.3) is 0 Å². The zero-order valence-corrected chi connectivity index (χ0v) is 19.6. The third-order valence-electron chi connectivity index (χ3n) is 6.17. The van der Waals surface area contributed by atoms with Crippen molar-refractivity contribution in [1.29, 1.82) is 0 Å². The molecule has 0 bridgehead atoms. The van der Waals surface area contributed by atoms with Crippen LogP contribution in [-0.4, -0.2) is 19.7 Å². The van der Waals surface area contributed by atoms with Gasteiger partial charge in [-0.2, -0.15) is 0 Å². The SMILES string of the molecule is C[C@H](CC=CC=CC(C)(C)O[Si](C)(C)C)[C@H]1CCC=C2C(=O)CCC[C@@]21C. The Balaban J connectivity index is 1.94. The van der Waals surface area contributed by atoms with Gasteiger partial charge < -0.3 is 4.43 Å². The Morgan fingerprint density at radius 3 is 2.70 bits per heavy atom. The van der Waals surface area contributed by atoms with Crippen LogP contribution in [0.15, 0.2) is 36.0 Å². The first-order valence-corrected chi connectivity index (χ1v) is 14.1. The summed E-state index contributed by atoms with van der Waals surface area (Å²) < 4.78 is 6.21. The van der Waals surface area contributed by atoms with E-state index in [1.807, 2.05) is 0 Å². The zero-order valence-electron chi connectivity index (χ0n) is 18.6. The van der Waals surface area contributed by atoms with Gasteiger partial charge in [-0.3, -0.25) is 4.79 Å². The molecule has 0 spiro atoms. The molecule has 3 atom stereocenters. The van der Waals surface area contributed by atoms with E-state index in [9.17, 15) is 4.79 Å². The third kappa shape index (κ3) is 6.02. The summed E-state index contributed by atoms with van der Waals surface area (Å²) in [6.45, 7) is 15.7. The van der Waals surface area contributed by atoms with Gasteiger partial charge in [0.1, 0.15) is 0 Å². The van der Waals surface area contributed by atoms with Crippen LogP contribution in [0.3, 0.4) is 0 Å². The van der Waals surface area contributed by atoms with E-state index in [-0.39, 0.29) is 11.0 Å². The van der Waals surface area contributed by atoms with Crippen molar-refractivity contribution in [2.75, 3.05) is 0 Å². The summed E-state index contributed by atoms with van der Waals surface area (Å²) in [6.07, 6.45) is 17.3. The Hall–Kier alpha value is -0.933. The first-order chi connectivity index (χ1) is 12.4. The van der Waals surface area contributed by atoms with Gasteiger partial charge in [0.05, 0.1) is 5.60 Å². The van der Waals surface area contributed by atoms with Crippen LogP contribution in [-0.2, 0) is 9.22 Å². The minimum atomic E-state index is -1.54. The molecule has 152 valence electrons. The lowest BCUT2D eigenvalue weighted by Crippen LogP contribution is -2.41. The second-order valence-corrected chi connectivity index (χ2v) is 14.7. The molecule has 0 unspecified atom stereocenters. The normalized spacial score (nSPS) is 28.5. The fraction of sp³-hybridized carbons (Fsp3) is 0.708. The quantitative estimate of drug-likeness (QED) is 0.352. The van der Waals surface area contributed by atoms with Gasteiger partial charge in [0.15, 0.2) is 14.1 Å². The first kappa shape index (κ1) is 22.4. The molecular weight excluding hydrogens is 348 g/mol. The van der Waals surface area contributed by atoms with Crippen molar-refractivity contribution in [3.05, 3.63) is 36.0 Å². The molecule has 0 heterocycles. The van der Waals surface area contributed by atoms with Crippen molar-refractivity contribution in [2.45, 2.75) is 91.5 Å². The van der Waals surface area contributed by atoms with Crippen LogP contribution in [0.2, 0.25) is 19.6 Å². The Kier molecular flexibility index (Phi) is 7.13. The van der Waals surface area contributed by atoms with Crippen molar-refractivity contribution >= 4 is 14.1 Å². The predicted octanol–water partition coefficient (Wildman–Crippen LogP) is 6.85. The lowest BCUT2D eigenvalue weighted by atomic mass is 9.56. The minimum Gasteiger partial charge on any atom is -0.409 e. The number of ketones is 1. The van der Waals surface area contributed by atoms with E-state index in [0.717, 1.165) is 31.3 Å². The Labute approximate surface area is 168 Å². The van der Waals surface area contributed by atoms with Gasteiger partial charge in [-0.15, -0.1) is 0 Å². The van der Waals surface area contributed by atoms with Crippen LogP contribution < -0.4 is 0 Å². The second-order valence-electron chi connectivity index (χ2n) is 10.3. The van der Waals surface area contributed by atoms with E-state index in [0.29, 0.717) is 17.6 Å². The summed E-state index contributed by atoms with van der Waals surface area (Å²) in [4.78, 5) is 12.4. The summed E-state index contributed by atoms with van der Waals surface area (Å²) in [5.41, 5.74) is 1.04. The van der Waals surface area contributed by atoms with Gasteiger partial charge >= 0.3 is 0 Å². The molecule has 27 heavy (non-hydrogen) atoms. The monoisotopic (exact) mass is 388 g/mol. The highest BCUT2D eigenvalue weighted by Gasteiger charge is 2.45. The molecule has 0 N–H and O–H groups in total. The number of rotatable bonds is 7. The standard InChI is InChI=1S/C24H40O2Si/c1-19(13-9-8-10-17-23(2,3)26-27(5,6)7)20-14-11-15-21-22(25)16-12-18-24(20,21)4/h8-10,15,17,19-20H,11-14,16,18H2,1-7H3/t19-,20-,24-/m1/s1. The van der Waals surface area contributed by atoms with E-state index in [1.165, 1.54) is 12.8 Å². The molecule has 2 aliphatic carbocycles. The van der Waals surface area contributed by atoms with Gasteiger partial charge in [-0.1, -0.05) is 44.2 Å². The molecule has 2 nitrogen and oxygen atoms in total. The molecule has 1 saturated carbocycles. The molecule has 0 amide bonds. The molecule has 3 heteroatoms. The van der Waals surface area contributed by atoms with E-state index >= 15 is 0 Å². The highest BCUT2D eigenvalue weighted by Crippen LogP contribution is 2.52. The molecule has 0 radical (unpaired) electrons. The topological polar surface area (TPSA) is 26.3 Å². The average molecular weight is 389 g/mol. The van der Waals surface area contributed by atoms with Crippen LogP contribution >= 0.6 is 0 Å². The predicted molar refractivity (Wildman–Crippen MR) is 118 cm³/mol. The number of fused-ring (bicyclic) bond motifs is 1. The smallest absolute Gasteiger partial charge is 0.184 e. The van der Waals surface area contributed by atoms with E-state index < -0.39 is 8.32 Å². The summed E-state index contributed by atoms with van der Waals surface area (Å²) in [7, 11) is -1.54. The number of carbonyl (C=O) groups is 1. The summed E-state index contributed by atoms with van der Waals surface area (Å²) in [6, 6.07) is 0. The molecule has 1 fully saturated rings. The summed E-state index contributed by atoms with van der Waals surface area (Å²) >= 11 is 0. The van der Waals surface area contributed by atoms with Crippen molar-refractivity contribution in [1.82, 2.24) is 0 Å². The van der Waals surface area contributed by atoms with E-state index in [1.54, 1.807) is 0 Å².